The highest BCUT2D eigenvalue weighted by Crippen LogP contribution is 2.27. The van der Waals surface area contributed by atoms with Crippen LogP contribution in [-0.4, -0.2) is 41.9 Å². The van der Waals surface area contributed by atoms with E-state index in [1.807, 2.05) is 18.2 Å². The van der Waals surface area contributed by atoms with Crippen LogP contribution >= 0.6 is 11.6 Å². The lowest BCUT2D eigenvalue weighted by molar-refractivity contribution is -0.126. The number of aromatic amines is 1. The molecule has 0 unspecified atom stereocenters. The summed E-state index contributed by atoms with van der Waals surface area (Å²) < 4.78 is 27.2. The number of nitrogens with zero attached hydrogens (tertiary/aromatic N) is 2. The summed E-state index contributed by atoms with van der Waals surface area (Å²) in [4.78, 5) is 12.7. The molecule has 2 heterocycles. The van der Waals surface area contributed by atoms with E-state index >= 15 is 0 Å². The van der Waals surface area contributed by atoms with E-state index in [0.29, 0.717) is 48.9 Å². The second kappa shape index (κ2) is 8.00. The van der Waals surface area contributed by atoms with E-state index in [4.69, 9.17) is 11.6 Å². The van der Waals surface area contributed by atoms with Crippen LogP contribution in [0.3, 0.4) is 0 Å². The molecular formula is C18H23ClN4O3S. The third kappa shape index (κ3) is 4.17. The SMILES string of the molecule is Cc1n[nH]c(C)c1S(=O)(=O)N1CCC(C(=O)NCc2ccccc2Cl)CC1. The number of sulfonamides is 1. The fourth-order valence-corrected chi connectivity index (χ4v) is 5.38. The molecule has 1 aliphatic rings. The highest BCUT2D eigenvalue weighted by Gasteiger charge is 2.34. The van der Waals surface area contributed by atoms with Gasteiger partial charge in [0.25, 0.3) is 0 Å². The van der Waals surface area contributed by atoms with Gasteiger partial charge in [-0.15, -0.1) is 0 Å². The van der Waals surface area contributed by atoms with E-state index in [1.165, 1.54) is 4.31 Å². The van der Waals surface area contributed by atoms with E-state index in [1.54, 1.807) is 19.9 Å². The summed E-state index contributed by atoms with van der Waals surface area (Å²) in [6, 6.07) is 7.36. The molecular weight excluding hydrogens is 388 g/mol. The summed E-state index contributed by atoms with van der Waals surface area (Å²) >= 11 is 6.10. The Morgan fingerprint density at radius 3 is 2.56 bits per heavy atom. The van der Waals surface area contributed by atoms with E-state index in [0.717, 1.165) is 5.56 Å². The van der Waals surface area contributed by atoms with Crippen molar-refractivity contribution in [2.45, 2.75) is 38.1 Å². The molecule has 0 atom stereocenters. The number of amides is 1. The van der Waals surface area contributed by atoms with Crippen LogP contribution in [0.5, 0.6) is 0 Å². The first-order valence-corrected chi connectivity index (χ1v) is 10.7. The molecule has 0 saturated carbocycles. The van der Waals surface area contributed by atoms with Crippen molar-refractivity contribution in [3.63, 3.8) is 0 Å². The van der Waals surface area contributed by atoms with Crippen LogP contribution in [0, 0.1) is 19.8 Å². The number of nitrogens with one attached hydrogen (secondary N) is 2. The van der Waals surface area contributed by atoms with Gasteiger partial charge in [0.1, 0.15) is 4.90 Å². The van der Waals surface area contributed by atoms with Crippen molar-refractivity contribution in [2.24, 2.45) is 5.92 Å². The van der Waals surface area contributed by atoms with Gasteiger partial charge in [-0.2, -0.15) is 9.40 Å². The third-order valence-electron chi connectivity index (χ3n) is 4.89. The summed E-state index contributed by atoms with van der Waals surface area (Å²) in [5.74, 6) is -0.270. The van der Waals surface area contributed by atoms with Crippen LogP contribution in [0.25, 0.3) is 0 Å². The molecule has 1 aromatic carbocycles. The lowest BCUT2D eigenvalue weighted by atomic mass is 9.97. The number of halogens is 1. The number of rotatable bonds is 5. The average molecular weight is 411 g/mol. The maximum absolute atomic E-state index is 12.9. The number of hydrogen-bond acceptors (Lipinski definition) is 4. The molecule has 9 heteroatoms. The molecule has 3 rings (SSSR count). The number of carbonyl (C=O) groups is 1. The highest BCUT2D eigenvalue weighted by molar-refractivity contribution is 7.89. The van der Waals surface area contributed by atoms with E-state index in [9.17, 15) is 13.2 Å². The minimum absolute atomic E-state index is 0.0670. The summed E-state index contributed by atoms with van der Waals surface area (Å²) in [5.41, 5.74) is 1.86. The minimum atomic E-state index is -3.60. The number of benzene rings is 1. The van der Waals surface area contributed by atoms with Gasteiger partial charge in [-0.25, -0.2) is 8.42 Å². The molecule has 1 amide bonds. The molecule has 146 valence electrons. The molecule has 1 saturated heterocycles. The summed E-state index contributed by atoms with van der Waals surface area (Å²) in [7, 11) is -3.60. The van der Waals surface area contributed by atoms with Crippen LogP contribution < -0.4 is 5.32 Å². The largest absolute Gasteiger partial charge is 0.352 e. The summed E-state index contributed by atoms with van der Waals surface area (Å²) in [5, 5.41) is 10.2. The Morgan fingerprint density at radius 2 is 1.96 bits per heavy atom. The lowest BCUT2D eigenvalue weighted by Gasteiger charge is -2.30. The van der Waals surface area contributed by atoms with E-state index in [-0.39, 0.29) is 16.7 Å². The zero-order chi connectivity index (χ0) is 19.6. The fourth-order valence-electron chi connectivity index (χ4n) is 3.38. The van der Waals surface area contributed by atoms with Gasteiger partial charge >= 0.3 is 0 Å². The number of H-pyrrole nitrogens is 1. The lowest BCUT2D eigenvalue weighted by Crippen LogP contribution is -2.43. The Balaban J connectivity index is 1.58. The first-order valence-electron chi connectivity index (χ1n) is 8.83. The first-order chi connectivity index (χ1) is 12.8. The molecule has 0 bridgehead atoms. The summed E-state index contributed by atoms with van der Waals surface area (Å²) in [6.07, 6.45) is 0.979. The number of aryl methyl sites for hydroxylation is 2. The maximum atomic E-state index is 12.9. The zero-order valence-electron chi connectivity index (χ0n) is 15.3. The van der Waals surface area contributed by atoms with Gasteiger partial charge in [0.2, 0.25) is 15.9 Å². The van der Waals surface area contributed by atoms with Crippen molar-refractivity contribution in [3.8, 4) is 0 Å². The van der Waals surface area contributed by atoms with Gasteiger partial charge in [0.15, 0.2) is 0 Å². The number of hydrogen-bond donors (Lipinski definition) is 2. The molecule has 2 N–H and O–H groups in total. The van der Waals surface area contributed by atoms with Crippen LogP contribution in [-0.2, 0) is 21.4 Å². The summed E-state index contributed by atoms with van der Waals surface area (Å²) in [6.45, 7) is 4.37. The van der Waals surface area contributed by atoms with Crippen LogP contribution in [0.1, 0.15) is 29.8 Å². The quantitative estimate of drug-likeness (QED) is 0.791. The Kier molecular flexibility index (Phi) is 5.88. The van der Waals surface area contributed by atoms with Gasteiger partial charge in [-0.05, 0) is 38.3 Å². The van der Waals surface area contributed by atoms with Gasteiger partial charge in [-0.3, -0.25) is 9.89 Å². The molecule has 2 aromatic rings. The Hall–Kier alpha value is -1.90. The molecule has 1 fully saturated rings. The molecule has 1 aromatic heterocycles. The van der Waals surface area contributed by atoms with E-state index in [2.05, 4.69) is 15.5 Å². The van der Waals surface area contributed by atoms with Crippen molar-refractivity contribution in [1.82, 2.24) is 19.8 Å². The molecule has 0 radical (unpaired) electrons. The molecule has 27 heavy (non-hydrogen) atoms. The monoisotopic (exact) mass is 410 g/mol. The van der Waals surface area contributed by atoms with Gasteiger partial charge in [-0.1, -0.05) is 29.8 Å². The van der Waals surface area contributed by atoms with Crippen molar-refractivity contribution in [1.29, 1.82) is 0 Å². The smallest absolute Gasteiger partial charge is 0.246 e. The molecule has 7 nitrogen and oxygen atoms in total. The van der Waals surface area contributed by atoms with Gasteiger partial charge in [0.05, 0.1) is 11.4 Å². The van der Waals surface area contributed by atoms with Crippen molar-refractivity contribution in [2.75, 3.05) is 13.1 Å². The van der Waals surface area contributed by atoms with Crippen LogP contribution in [0.15, 0.2) is 29.2 Å². The standard InChI is InChI=1S/C18H23ClN4O3S/c1-12-17(13(2)22-21-12)27(25,26)23-9-7-14(8-10-23)18(24)20-11-15-5-3-4-6-16(15)19/h3-6,14H,7-11H2,1-2H3,(H,20,24)(H,21,22). The molecule has 1 aliphatic heterocycles. The predicted molar refractivity (Wildman–Crippen MR) is 103 cm³/mol. The van der Waals surface area contributed by atoms with Crippen molar-refractivity contribution < 1.29 is 13.2 Å². The van der Waals surface area contributed by atoms with Crippen molar-refractivity contribution in [3.05, 3.63) is 46.2 Å². The third-order valence-corrected chi connectivity index (χ3v) is 7.43. The maximum Gasteiger partial charge on any atom is 0.246 e. The number of carbonyl (C=O) groups excluding carboxylic acids is 1. The van der Waals surface area contributed by atoms with Gasteiger partial charge in [0, 0.05) is 30.6 Å². The molecule has 0 aliphatic carbocycles. The highest BCUT2D eigenvalue weighted by atomic mass is 35.5. The predicted octanol–water partition coefficient (Wildman–Crippen LogP) is 2.40. The van der Waals surface area contributed by atoms with Crippen LogP contribution in [0.4, 0.5) is 0 Å². The topological polar surface area (TPSA) is 95.2 Å². The normalized spacial score (nSPS) is 16.4. The first kappa shape index (κ1) is 19.9. The fraction of sp³-hybridized carbons (Fsp3) is 0.444. The van der Waals surface area contributed by atoms with Gasteiger partial charge < -0.3 is 5.32 Å². The Labute approximate surface area is 164 Å². The van der Waals surface area contributed by atoms with Crippen LogP contribution in [0.2, 0.25) is 5.02 Å². The second-order valence-electron chi connectivity index (χ2n) is 6.75. The Morgan fingerprint density at radius 1 is 1.30 bits per heavy atom. The average Bonchev–Trinajstić information content (AvgIpc) is 3.00. The minimum Gasteiger partial charge on any atom is -0.352 e. The molecule has 0 spiro atoms. The Bertz CT molecular complexity index is 914. The second-order valence-corrected chi connectivity index (χ2v) is 9.03. The van der Waals surface area contributed by atoms with Crippen molar-refractivity contribution >= 4 is 27.5 Å². The number of aromatic nitrogens is 2. The van der Waals surface area contributed by atoms with E-state index < -0.39 is 10.0 Å². The zero-order valence-corrected chi connectivity index (χ0v) is 16.9. The number of piperidine rings is 1.